The monoisotopic (exact) mass is 635 g/mol. The molecule has 220 valence electrons. The largest absolute Gasteiger partial charge is 0.459 e. The molecule has 1 atom stereocenters. The number of aromatic nitrogens is 3. The number of nitrogens with zero attached hydrogens (tertiary/aromatic N) is 5. The van der Waals surface area contributed by atoms with E-state index in [0.717, 1.165) is 34.5 Å². The van der Waals surface area contributed by atoms with E-state index in [1.807, 2.05) is 19.9 Å². The van der Waals surface area contributed by atoms with Gasteiger partial charge in [0.15, 0.2) is 9.96 Å². The average molecular weight is 636 g/mol. The zero-order valence-corrected chi connectivity index (χ0v) is 26.2. The molecule has 1 aliphatic rings. The van der Waals surface area contributed by atoms with Crippen LogP contribution in [0.4, 0.5) is 5.69 Å². The number of carbonyl (C=O) groups is 1. The molecule has 13 heteroatoms. The van der Waals surface area contributed by atoms with Gasteiger partial charge in [-0.05, 0) is 87.8 Å². The molecule has 0 aliphatic carbocycles. The molecule has 3 heterocycles. The van der Waals surface area contributed by atoms with Crippen LogP contribution >= 0.6 is 34.7 Å². The molecule has 2 aromatic heterocycles. The van der Waals surface area contributed by atoms with Crippen molar-refractivity contribution in [3.63, 3.8) is 0 Å². The minimum atomic E-state index is -0.798. The Morgan fingerprint density at radius 3 is 2.42 bits per heavy atom. The third kappa shape index (κ3) is 6.46. The first-order valence-electron chi connectivity index (χ1n) is 13.2. The lowest BCUT2D eigenvalue weighted by molar-refractivity contribution is -0.387. The number of benzene rings is 2. The van der Waals surface area contributed by atoms with E-state index in [4.69, 9.17) is 16.3 Å². The smallest absolute Gasteiger partial charge is 0.338 e. The summed E-state index contributed by atoms with van der Waals surface area (Å²) >= 11 is 8.37. The summed E-state index contributed by atoms with van der Waals surface area (Å²) in [5.74, 6) is -0.568. The van der Waals surface area contributed by atoms with Crippen molar-refractivity contribution in [2.24, 2.45) is 4.99 Å². The van der Waals surface area contributed by atoms with Crippen molar-refractivity contribution in [3.8, 4) is 0 Å². The maximum atomic E-state index is 13.9. The SMILES string of the molecule is CC1=C(C(=O)OC(C)C)[C@@H](c2ccc(Cl)cc2)n2c(s/c(=C/c3ccc(Sc4nc(C)cc(C)n4)c([N+](=O)[O-])c3)c2=O)=N1. The zero-order chi connectivity index (χ0) is 31.0. The fourth-order valence-electron chi connectivity index (χ4n) is 4.66. The van der Waals surface area contributed by atoms with Crippen LogP contribution in [-0.4, -0.2) is 31.5 Å². The molecule has 1 aliphatic heterocycles. The fourth-order valence-corrected chi connectivity index (χ4v) is 6.79. The van der Waals surface area contributed by atoms with Crippen molar-refractivity contribution >= 4 is 52.4 Å². The average Bonchev–Trinajstić information content (AvgIpc) is 3.22. The van der Waals surface area contributed by atoms with Gasteiger partial charge >= 0.3 is 5.97 Å². The number of allylic oxidation sites excluding steroid dienone is 1. The Hall–Kier alpha value is -4.13. The molecule has 0 saturated heterocycles. The molecule has 43 heavy (non-hydrogen) atoms. The second-order valence-corrected chi connectivity index (χ2v) is 12.6. The van der Waals surface area contributed by atoms with E-state index in [2.05, 4.69) is 15.0 Å². The van der Waals surface area contributed by atoms with Crippen molar-refractivity contribution in [1.29, 1.82) is 0 Å². The predicted molar refractivity (Wildman–Crippen MR) is 165 cm³/mol. The third-order valence-corrected chi connectivity index (χ3v) is 8.58. The molecule has 0 saturated carbocycles. The Balaban J connectivity index is 1.61. The van der Waals surface area contributed by atoms with Crippen LogP contribution in [0.5, 0.6) is 0 Å². The van der Waals surface area contributed by atoms with E-state index < -0.39 is 22.5 Å². The summed E-state index contributed by atoms with van der Waals surface area (Å²) in [4.78, 5) is 52.7. The van der Waals surface area contributed by atoms with Crippen LogP contribution < -0.4 is 14.9 Å². The van der Waals surface area contributed by atoms with E-state index in [-0.39, 0.29) is 17.4 Å². The van der Waals surface area contributed by atoms with Gasteiger partial charge in [0, 0.05) is 22.5 Å². The molecular formula is C30H26ClN5O5S2. The highest BCUT2D eigenvalue weighted by atomic mass is 35.5. The summed E-state index contributed by atoms with van der Waals surface area (Å²) in [6, 6.07) is 12.6. The first-order chi connectivity index (χ1) is 20.4. The maximum absolute atomic E-state index is 13.9. The van der Waals surface area contributed by atoms with Gasteiger partial charge in [-0.15, -0.1) is 0 Å². The Morgan fingerprint density at radius 2 is 1.79 bits per heavy atom. The standard InChI is InChI=1S/C30H26ClN5O5S2/c1-15(2)41-28(38)25-18(5)34-30-35(26(25)20-7-9-21(31)10-8-20)27(37)24(43-30)14-19-6-11-23(22(13-19)36(39)40)42-29-32-16(3)12-17(4)33-29/h6-15,26H,1-5H3/b24-14+/t26-/m1/s1. The summed E-state index contributed by atoms with van der Waals surface area (Å²) in [7, 11) is 0. The summed E-state index contributed by atoms with van der Waals surface area (Å²) < 4.78 is 7.28. The van der Waals surface area contributed by atoms with E-state index in [1.54, 1.807) is 63.2 Å². The van der Waals surface area contributed by atoms with E-state index in [1.165, 1.54) is 10.6 Å². The van der Waals surface area contributed by atoms with Crippen molar-refractivity contribution in [2.45, 2.75) is 56.8 Å². The molecule has 0 radical (unpaired) electrons. The number of aryl methyl sites for hydroxylation is 2. The van der Waals surface area contributed by atoms with Crippen LogP contribution in [0.1, 0.15) is 49.3 Å². The van der Waals surface area contributed by atoms with Crippen LogP contribution in [0, 0.1) is 24.0 Å². The van der Waals surface area contributed by atoms with E-state index >= 15 is 0 Å². The number of rotatable bonds is 7. The number of ether oxygens (including phenoxy) is 1. The van der Waals surface area contributed by atoms with Gasteiger partial charge in [0.25, 0.3) is 11.2 Å². The highest BCUT2D eigenvalue weighted by molar-refractivity contribution is 7.99. The van der Waals surface area contributed by atoms with Gasteiger partial charge in [0.2, 0.25) is 0 Å². The molecule has 2 aromatic carbocycles. The summed E-state index contributed by atoms with van der Waals surface area (Å²) in [5, 5.41) is 12.9. The van der Waals surface area contributed by atoms with Gasteiger partial charge in [-0.25, -0.2) is 19.8 Å². The summed E-state index contributed by atoms with van der Waals surface area (Å²) in [6.07, 6.45) is 1.21. The lowest BCUT2D eigenvalue weighted by Crippen LogP contribution is -2.40. The van der Waals surface area contributed by atoms with Gasteiger partial charge in [-0.1, -0.05) is 41.1 Å². The third-order valence-electron chi connectivity index (χ3n) is 6.41. The van der Waals surface area contributed by atoms with Crippen LogP contribution in [0.3, 0.4) is 0 Å². The molecule has 0 N–H and O–H groups in total. The minimum absolute atomic E-state index is 0.136. The minimum Gasteiger partial charge on any atom is -0.459 e. The number of hydrogen-bond acceptors (Lipinski definition) is 10. The second kappa shape index (κ2) is 12.2. The van der Waals surface area contributed by atoms with Gasteiger partial charge < -0.3 is 4.74 Å². The number of nitro benzene ring substituents is 1. The van der Waals surface area contributed by atoms with Crippen LogP contribution in [0.15, 0.2) is 79.6 Å². The number of carbonyl (C=O) groups excluding carboxylic acids is 1. The number of nitro groups is 1. The van der Waals surface area contributed by atoms with Gasteiger partial charge in [0.1, 0.15) is 0 Å². The lowest BCUT2D eigenvalue weighted by atomic mass is 9.96. The Morgan fingerprint density at radius 1 is 1.12 bits per heavy atom. The van der Waals surface area contributed by atoms with Gasteiger partial charge in [0.05, 0.1) is 37.8 Å². The number of halogens is 1. The second-order valence-electron chi connectivity index (χ2n) is 10.1. The van der Waals surface area contributed by atoms with Crippen molar-refractivity contribution in [2.75, 3.05) is 0 Å². The van der Waals surface area contributed by atoms with Crippen molar-refractivity contribution < 1.29 is 14.5 Å². The van der Waals surface area contributed by atoms with Crippen LogP contribution in [0.25, 0.3) is 6.08 Å². The predicted octanol–water partition coefficient (Wildman–Crippen LogP) is 5.31. The number of fused-ring (bicyclic) bond motifs is 1. The van der Waals surface area contributed by atoms with Crippen LogP contribution in [0.2, 0.25) is 5.02 Å². The van der Waals surface area contributed by atoms with Gasteiger partial charge in [-0.2, -0.15) is 0 Å². The normalized spacial score (nSPS) is 15.0. The van der Waals surface area contributed by atoms with Crippen LogP contribution in [-0.2, 0) is 9.53 Å². The molecule has 0 bridgehead atoms. The maximum Gasteiger partial charge on any atom is 0.338 e. The summed E-state index contributed by atoms with van der Waals surface area (Å²) in [5.41, 5.74) is 2.80. The lowest BCUT2D eigenvalue weighted by Gasteiger charge is -2.25. The van der Waals surface area contributed by atoms with E-state index in [0.29, 0.717) is 41.2 Å². The van der Waals surface area contributed by atoms with Crippen molar-refractivity contribution in [3.05, 3.63) is 117 Å². The Labute approximate surface area is 259 Å². The highest BCUT2D eigenvalue weighted by Crippen LogP contribution is 2.34. The number of thiazole rings is 1. The summed E-state index contributed by atoms with van der Waals surface area (Å²) in [6.45, 7) is 8.87. The quantitative estimate of drug-likeness (QED) is 0.116. The topological polar surface area (TPSA) is 130 Å². The highest BCUT2D eigenvalue weighted by Gasteiger charge is 2.33. The first kappa shape index (κ1) is 30.3. The molecular weight excluding hydrogens is 610 g/mol. The number of esters is 1. The Bertz CT molecular complexity index is 1960. The van der Waals surface area contributed by atoms with Crippen molar-refractivity contribution in [1.82, 2.24) is 14.5 Å². The molecule has 0 unspecified atom stereocenters. The molecule has 10 nitrogen and oxygen atoms in total. The molecule has 0 fully saturated rings. The molecule has 0 amide bonds. The molecule has 4 aromatic rings. The van der Waals surface area contributed by atoms with E-state index in [9.17, 15) is 19.7 Å². The first-order valence-corrected chi connectivity index (χ1v) is 15.2. The Kier molecular flexibility index (Phi) is 8.63. The van der Waals surface area contributed by atoms with Gasteiger partial charge in [-0.3, -0.25) is 19.5 Å². The molecule has 5 rings (SSSR count). The number of hydrogen-bond donors (Lipinski definition) is 0. The fraction of sp³-hybridized carbons (Fsp3) is 0.233. The molecule has 0 spiro atoms. The zero-order valence-electron chi connectivity index (χ0n) is 23.8.